The van der Waals surface area contributed by atoms with Gasteiger partial charge in [0, 0.05) is 10.3 Å². The molecule has 3 heteroatoms. The van der Waals surface area contributed by atoms with Crippen LogP contribution in [0.1, 0.15) is 19.3 Å². The fourth-order valence-electron chi connectivity index (χ4n) is 2.90. The van der Waals surface area contributed by atoms with Crippen molar-refractivity contribution in [1.29, 1.82) is 0 Å². The van der Waals surface area contributed by atoms with Crippen LogP contribution in [-0.4, -0.2) is 23.9 Å². The summed E-state index contributed by atoms with van der Waals surface area (Å²) in [6.07, 6.45) is 10.8. The molecule has 0 aromatic carbocycles. The molecule has 84 valence electrons. The lowest BCUT2D eigenvalue weighted by Crippen LogP contribution is -2.38. The van der Waals surface area contributed by atoms with Gasteiger partial charge < -0.3 is 10.1 Å². The molecule has 0 radical (unpaired) electrons. The quantitative estimate of drug-likeness (QED) is 0.650. The summed E-state index contributed by atoms with van der Waals surface area (Å²) in [6, 6.07) is 0. The normalized spacial score (nSPS) is 34.0. The summed E-state index contributed by atoms with van der Waals surface area (Å²) >= 11 is 2.10. The molecule has 4 rings (SSSR count). The van der Waals surface area contributed by atoms with E-state index >= 15 is 0 Å². The second-order valence-corrected chi connectivity index (χ2v) is 6.46. The van der Waals surface area contributed by atoms with Gasteiger partial charge in [0.2, 0.25) is 0 Å². The van der Waals surface area contributed by atoms with E-state index in [1.54, 1.807) is 4.91 Å². The fourth-order valence-corrected chi connectivity index (χ4v) is 4.44. The van der Waals surface area contributed by atoms with E-state index < -0.39 is 0 Å². The van der Waals surface area contributed by atoms with Gasteiger partial charge in [0.25, 0.3) is 0 Å². The standard InChI is InChI=1S/C13H15NOS/c1-2-9-11(3-1)16-13(4-6-14-7-5-13)8-10-12(9)15-10/h1-2,8,12,14H,3-7H2. The van der Waals surface area contributed by atoms with Gasteiger partial charge in [0.1, 0.15) is 5.76 Å². The maximum absolute atomic E-state index is 5.72. The Hall–Kier alpha value is -0.670. The van der Waals surface area contributed by atoms with Gasteiger partial charge in [-0.3, -0.25) is 0 Å². The first-order chi connectivity index (χ1) is 7.86. The SMILES string of the molecule is C1=CC2=C(C1)SC1(C=C3OC32)CCNCC1. The van der Waals surface area contributed by atoms with E-state index in [1.807, 2.05) is 0 Å². The van der Waals surface area contributed by atoms with Gasteiger partial charge in [-0.05, 0) is 43.3 Å². The molecule has 3 heterocycles. The van der Waals surface area contributed by atoms with Gasteiger partial charge in [-0.2, -0.15) is 0 Å². The zero-order chi connectivity index (χ0) is 10.6. The molecule has 0 amide bonds. The van der Waals surface area contributed by atoms with Crippen LogP contribution in [0.5, 0.6) is 0 Å². The lowest BCUT2D eigenvalue weighted by Gasteiger charge is -2.34. The lowest BCUT2D eigenvalue weighted by molar-refractivity contribution is 0.442. The molecule has 0 bridgehead atoms. The van der Waals surface area contributed by atoms with Crippen LogP contribution in [0.3, 0.4) is 0 Å². The van der Waals surface area contributed by atoms with Crippen LogP contribution < -0.4 is 5.32 Å². The number of fused-ring (bicyclic) bond motifs is 2. The number of rotatable bonds is 0. The molecule has 3 aliphatic heterocycles. The first kappa shape index (κ1) is 9.37. The Labute approximate surface area is 99.8 Å². The first-order valence-corrected chi connectivity index (χ1v) is 6.87. The average molecular weight is 233 g/mol. The fraction of sp³-hybridized carbons (Fsp3) is 0.538. The van der Waals surface area contributed by atoms with Gasteiger partial charge in [-0.25, -0.2) is 0 Å². The predicted octanol–water partition coefficient (Wildman–Crippen LogP) is 2.35. The largest absolute Gasteiger partial charge is 0.478 e. The van der Waals surface area contributed by atoms with E-state index in [4.69, 9.17) is 4.74 Å². The number of thioether (sulfide) groups is 1. The number of allylic oxidation sites excluding steroid dienone is 2. The Balaban J connectivity index is 1.74. The van der Waals surface area contributed by atoms with Gasteiger partial charge in [0.15, 0.2) is 6.10 Å². The number of piperidine rings is 1. The van der Waals surface area contributed by atoms with Crippen molar-refractivity contribution in [1.82, 2.24) is 5.32 Å². The van der Waals surface area contributed by atoms with Gasteiger partial charge in [0.05, 0.1) is 0 Å². The molecule has 2 fully saturated rings. The van der Waals surface area contributed by atoms with Crippen LogP contribution in [0.15, 0.2) is 34.5 Å². The van der Waals surface area contributed by atoms with Crippen LogP contribution in [0.4, 0.5) is 0 Å². The Morgan fingerprint density at radius 2 is 2.25 bits per heavy atom. The van der Waals surface area contributed by atoms with Gasteiger partial charge in [-0.1, -0.05) is 12.2 Å². The van der Waals surface area contributed by atoms with Crippen molar-refractivity contribution >= 4 is 11.8 Å². The highest BCUT2D eigenvalue weighted by atomic mass is 32.2. The minimum atomic E-state index is 0.315. The monoisotopic (exact) mass is 233 g/mol. The van der Waals surface area contributed by atoms with E-state index in [1.165, 1.54) is 24.2 Å². The van der Waals surface area contributed by atoms with Crippen LogP contribution in [0.2, 0.25) is 0 Å². The second-order valence-electron chi connectivity index (χ2n) is 4.95. The Kier molecular flexibility index (Phi) is 1.86. The van der Waals surface area contributed by atoms with E-state index in [0.717, 1.165) is 19.5 Å². The molecule has 2 nitrogen and oxygen atoms in total. The van der Waals surface area contributed by atoms with Crippen molar-refractivity contribution < 1.29 is 4.74 Å². The summed E-state index contributed by atoms with van der Waals surface area (Å²) in [5, 5.41) is 3.45. The molecule has 16 heavy (non-hydrogen) atoms. The summed E-state index contributed by atoms with van der Waals surface area (Å²) in [5.41, 5.74) is 1.44. The minimum absolute atomic E-state index is 0.315. The topological polar surface area (TPSA) is 24.6 Å². The van der Waals surface area contributed by atoms with Crippen molar-refractivity contribution in [2.75, 3.05) is 13.1 Å². The highest BCUT2D eigenvalue weighted by Crippen LogP contribution is 2.53. The third-order valence-corrected chi connectivity index (χ3v) is 5.42. The third-order valence-electron chi connectivity index (χ3n) is 3.84. The molecule has 0 aromatic rings. The molecule has 4 aliphatic rings. The number of epoxide rings is 1. The molecular formula is C13H15NOS. The van der Waals surface area contributed by atoms with Gasteiger partial charge >= 0.3 is 0 Å². The van der Waals surface area contributed by atoms with E-state index in [9.17, 15) is 0 Å². The summed E-state index contributed by atoms with van der Waals surface area (Å²) in [4.78, 5) is 1.55. The Bertz CT molecular complexity index is 429. The number of hydrogen-bond donors (Lipinski definition) is 1. The Morgan fingerprint density at radius 3 is 3.12 bits per heavy atom. The second kappa shape index (κ2) is 3.17. The average Bonchev–Trinajstić information content (AvgIpc) is 2.90. The van der Waals surface area contributed by atoms with Crippen molar-refractivity contribution in [2.24, 2.45) is 0 Å². The van der Waals surface area contributed by atoms with Crippen LogP contribution in [0, 0.1) is 0 Å². The molecular weight excluding hydrogens is 218 g/mol. The van der Waals surface area contributed by atoms with Crippen molar-refractivity contribution in [3.63, 3.8) is 0 Å². The molecule has 1 N–H and O–H groups in total. The molecule has 1 unspecified atom stereocenters. The smallest absolute Gasteiger partial charge is 0.181 e. The minimum Gasteiger partial charge on any atom is -0.478 e. The maximum atomic E-state index is 5.72. The zero-order valence-corrected chi connectivity index (χ0v) is 9.98. The van der Waals surface area contributed by atoms with E-state index in [2.05, 4.69) is 35.3 Å². The summed E-state index contributed by atoms with van der Waals surface area (Å²) in [7, 11) is 0. The highest BCUT2D eigenvalue weighted by molar-refractivity contribution is 8.04. The lowest BCUT2D eigenvalue weighted by atomic mass is 9.96. The summed E-state index contributed by atoms with van der Waals surface area (Å²) in [5.74, 6) is 1.23. The van der Waals surface area contributed by atoms with E-state index in [0.29, 0.717) is 10.9 Å². The third kappa shape index (κ3) is 1.31. The predicted molar refractivity (Wildman–Crippen MR) is 66.2 cm³/mol. The summed E-state index contributed by atoms with van der Waals surface area (Å²) < 4.78 is 6.04. The summed E-state index contributed by atoms with van der Waals surface area (Å²) in [6.45, 7) is 2.27. The van der Waals surface area contributed by atoms with Crippen molar-refractivity contribution in [3.05, 3.63) is 34.5 Å². The maximum Gasteiger partial charge on any atom is 0.181 e. The molecule has 0 saturated carbocycles. The molecule has 2 saturated heterocycles. The number of nitrogens with one attached hydrogen (secondary N) is 1. The van der Waals surface area contributed by atoms with Crippen LogP contribution in [0.25, 0.3) is 0 Å². The van der Waals surface area contributed by atoms with Gasteiger partial charge in [-0.15, -0.1) is 11.8 Å². The molecule has 1 spiro atoms. The molecule has 1 aliphatic carbocycles. The van der Waals surface area contributed by atoms with Crippen molar-refractivity contribution in [3.8, 4) is 0 Å². The van der Waals surface area contributed by atoms with E-state index in [-0.39, 0.29) is 0 Å². The van der Waals surface area contributed by atoms with Crippen LogP contribution in [-0.2, 0) is 4.74 Å². The highest BCUT2D eigenvalue weighted by Gasteiger charge is 2.46. The number of hydrogen-bond acceptors (Lipinski definition) is 3. The van der Waals surface area contributed by atoms with Crippen molar-refractivity contribution in [2.45, 2.75) is 30.1 Å². The number of ether oxygens (including phenoxy) is 1. The molecule has 0 aromatic heterocycles. The molecule has 1 atom stereocenters. The zero-order valence-electron chi connectivity index (χ0n) is 9.16. The first-order valence-electron chi connectivity index (χ1n) is 6.05. The Morgan fingerprint density at radius 1 is 1.38 bits per heavy atom. The van der Waals surface area contributed by atoms with Crippen LogP contribution >= 0.6 is 11.8 Å².